The van der Waals surface area contributed by atoms with Crippen LogP contribution in [0.2, 0.25) is 0 Å². The quantitative estimate of drug-likeness (QED) is 0.180. The van der Waals surface area contributed by atoms with Crippen LogP contribution in [0.25, 0.3) is 11.1 Å². The molecular weight excluding hydrogens is 518 g/mol. The zero-order valence-electron chi connectivity index (χ0n) is 22.4. The second-order valence-electron chi connectivity index (χ2n) is 9.30. The molecule has 8 heteroatoms. The van der Waals surface area contributed by atoms with Gasteiger partial charge in [0.2, 0.25) is 5.78 Å². The maximum absolute atomic E-state index is 13.8. The van der Waals surface area contributed by atoms with Gasteiger partial charge < -0.3 is 30.7 Å². The van der Waals surface area contributed by atoms with Crippen molar-refractivity contribution in [3.8, 4) is 28.4 Å². The lowest BCUT2D eigenvalue weighted by Crippen LogP contribution is -2.13. The molecule has 0 aliphatic heterocycles. The molecule has 0 radical (unpaired) electrons. The third-order valence-electron chi connectivity index (χ3n) is 6.56. The highest BCUT2D eigenvalue weighted by Crippen LogP contribution is 2.36. The summed E-state index contributed by atoms with van der Waals surface area (Å²) in [5, 5.41) is 0. The van der Waals surface area contributed by atoms with Gasteiger partial charge in [0.15, 0.2) is 11.5 Å². The van der Waals surface area contributed by atoms with Crippen molar-refractivity contribution in [3.05, 3.63) is 131 Å². The van der Waals surface area contributed by atoms with Gasteiger partial charge in [0, 0.05) is 11.1 Å². The Kier molecular flexibility index (Phi) is 8.01. The van der Waals surface area contributed by atoms with E-state index in [4.69, 9.17) is 25.7 Å². The van der Waals surface area contributed by atoms with Crippen molar-refractivity contribution >= 4 is 17.5 Å². The Bertz CT molecular complexity index is 1660. The first kappa shape index (κ1) is 27.1. The number of aromatic nitrogens is 1. The highest BCUT2D eigenvalue weighted by atomic mass is 16.5. The van der Waals surface area contributed by atoms with Gasteiger partial charge in [0.25, 0.3) is 5.91 Å². The van der Waals surface area contributed by atoms with Crippen molar-refractivity contribution in [1.29, 1.82) is 0 Å². The lowest BCUT2D eigenvalue weighted by molar-refractivity contribution is 0.100. The van der Waals surface area contributed by atoms with Gasteiger partial charge in [0.1, 0.15) is 24.8 Å². The van der Waals surface area contributed by atoms with Crippen molar-refractivity contribution in [2.45, 2.75) is 13.2 Å². The first-order valence-electron chi connectivity index (χ1n) is 12.9. The average molecular weight is 548 g/mol. The number of anilines is 1. The molecule has 1 amide bonds. The number of methoxy groups -OCH3 is 1. The van der Waals surface area contributed by atoms with Gasteiger partial charge in [0.05, 0.1) is 18.4 Å². The van der Waals surface area contributed by atoms with Crippen molar-refractivity contribution in [2.24, 2.45) is 5.73 Å². The van der Waals surface area contributed by atoms with E-state index in [9.17, 15) is 9.59 Å². The second kappa shape index (κ2) is 12.1. The molecule has 0 aliphatic carbocycles. The molecule has 0 unspecified atom stereocenters. The predicted octanol–water partition coefficient (Wildman–Crippen LogP) is 5.76. The number of primary amides is 1. The summed E-state index contributed by atoms with van der Waals surface area (Å²) in [6, 6.07) is 31.5. The van der Waals surface area contributed by atoms with Gasteiger partial charge in [-0.2, -0.15) is 0 Å². The van der Waals surface area contributed by atoms with Crippen molar-refractivity contribution < 1.29 is 23.8 Å². The first-order valence-corrected chi connectivity index (χ1v) is 12.9. The van der Waals surface area contributed by atoms with E-state index in [2.05, 4.69) is 4.98 Å². The molecule has 5 rings (SSSR count). The number of nitrogen functional groups attached to an aromatic ring is 1. The fourth-order valence-corrected chi connectivity index (χ4v) is 4.50. The Morgan fingerprint density at radius 2 is 1.37 bits per heavy atom. The summed E-state index contributed by atoms with van der Waals surface area (Å²) in [6.07, 6.45) is 0. The number of H-pyrrole nitrogens is 1. The Hall–Kier alpha value is -5.50. The summed E-state index contributed by atoms with van der Waals surface area (Å²) in [5.41, 5.74) is 15.2. The number of ketones is 1. The maximum atomic E-state index is 13.8. The van der Waals surface area contributed by atoms with Crippen LogP contribution in [-0.2, 0) is 13.2 Å². The number of hydrogen-bond donors (Lipinski definition) is 3. The molecule has 206 valence electrons. The smallest absolute Gasteiger partial charge is 0.253 e. The van der Waals surface area contributed by atoms with Crippen LogP contribution in [-0.4, -0.2) is 23.8 Å². The summed E-state index contributed by atoms with van der Waals surface area (Å²) in [6.45, 7) is 0.745. The molecule has 0 aliphatic rings. The molecule has 0 saturated heterocycles. The highest BCUT2D eigenvalue weighted by molar-refractivity contribution is 6.17. The Morgan fingerprint density at radius 3 is 1.95 bits per heavy atom. The summed E-state index contributed by atoms with van der Waals surface area (Å²) >= 11 is 0. The summed E-state index contributed by atoms with van der Waals surface area (Å²) in [7, 11) is 1.50. The molecule has 0 spiro atoms. The monoisotopic (exact) mass is 547 g/mol. The number of rotatable bonds is 11. The lowest BCUT2D eigenvalue weighted by Gasteiger charge is -2.13. The van der Waals surface area contributed by atoms with Crippen LogP contribution in [0.4, 0.5) is 5.82 Å². The Balaban J connectivity index is 1.42. The van der Waals surface area contributed by atoms with E-state index < -0.39 is 11.7 Å². The van der Waals surface area contributed by atoms with Crippen LogP contribution in [0, 0.1) is 0 Å². The maximum Gasteiger partial charge on any atom is 0.253 e. The van der Waals surface area contributed by atoms with Crippen LogP contribution in [0.5, 0.6) is 17.2 Å². The Labute approximate surface area is 237 Å². The van der Waals surface area contributed by atoms with E-state index in [1.165, 1.54) is 7.11 Å². The molecule has 8 nitrogen and oxygen atoms in total. The van der Waals surface area contributed by atoms with E-state index in [1.54, 1.807) is 42.5 Å². The van der Waals surface area contributed by atoms with Crippen LogP contribution < -0.4 is 25.7 Å². The number of carbonyl (C=O) groups is 2. The van der Waals surface area contributed by atoms with E-state index in [0.29, 0.717) is 47.2 Å². The molecule has 4 aromatic carbocycles. The third kappa shape index (κ3) is 6.07. The molecule has 0 fully saturated rings. The van der Waals surface area contributed by atoms with Gasteiger partial charge in [-0.3, -0.25) is 9.59 Å². The fraction of sp³-hybridized carbons (Fsp3) is 0.0909. The third-order valence-corrected chi connectivity index (χ3v) is 6.56. The topological polar surface area (TPSA) is 130 Å². The normalized spacial score (nSPS) is 10.7. The number of hydrogen-bond acceptors (Lipinski definition) is 6. The average Bonchev–Trinajstić information content (AvgIpc) is 3.37. The highest BCUT2D eigenvalue weighted by Gasteiger charge is 2.27. The van der Waals surface area contributed by atoms with Crippen molar-refractivity contribution in [1.82, 2.24) is 4.98 Å². The second-order valence-corrected chi connectivity index (χ2v) is 9.30. The molecule has 0 atom stereocenters. The van der Waals surface area contributed by atoms with Crippen LogP contribution >= 0.6 is 0 Å². The van der Waals surface area contributed by atoms with Crippen molar-refractivity contribution in [3.63, 3.8) is 0 Å². The van der Waals surface area contributed by atoms with Gasteiger partial charge in [-0.05, 0) is 47.0 Å². The van der Waals surface area contributed by atoms with Gasteiger partial charge in [-0.15, -0.1) is 0 Å². The molecule has 41 heavy (non-hydrogen) atoms. The molecule has 1 aromatic heterocycles. The number of amides is 1. The molecule has 5 N–H and O–H groups in total. The molecule has 0 saturated carbocycles. The minimum Gasteiger partial charge on any atom is -0.493 e. The standard InChI is InChI=1S/C33H29N3O5/c1-39-27-18-24(14-17-26(27)41-20-22-10-6-3-7-11-22)31(37)30-28(29(33(35)38)32(34)36-30)23-12-15-25(16-13-23)40-19-21-8-4-2-5-9-21/h2-18,36H,19-20,34H2,1H3,(H2,35,38). The van der Waals surface area contributed by atoms with Crippen molar-refractivity contribution in [2.75, 3.05) is 12.8 Å². The molecule has 5 aromatic rings. The number of ether oxygens (including phenoxy) is 3. The first-order chi connectivity index (χ1) is 19.9. The van der Waals surface area contributed by atoms with Gasteiger partial charge in [-0.1, -0.05) is 72.8 Å². The minimum absolute atomic E-state index is 0.00929. The largest absolute Gasteiger partial charge is 0.493 e. The van der Waals surface area contributed by atoms with E-state index in [0.717, 1.165) is 11.1 Å². The van der Waals surface area contributed by atoms with Crippen LogP contribution in [0.15, 0.2) is 103 Å². The number of benzene rings is 4. The predicted molar refractivity (Wildman–Crippen MR) is 157 cm³/mol. The van der Waals surface area contributed by atoms with Gasteiger partial charge >= 0.3 is 0 Å². The minimum atomic E-state index is -0.751. The summed E-state index contributed by atoms with van der Waals surface area (Å²) in [5.74, 6) is 0.377. The Morgan fingerprint density at radius 1 is 0.756 bits per heavy atom. The molecular formula is C33H29N3O5. The van der Waals surface area contributed by atoms with Crippen LogP contribution in [0.1, 0.15) is 37.5 Å². The van der Waals surface area contributed by atoms with E-state index in [-0.39, 0.29) is 17.1 Å². The van der Waals surface area contributed by atoms with E-state index >= 15 is 0 Å². The lowest BCUT2D eigenvalue weighted by atomic mass is 9.96. The number of carbonyl (C=O) groups excluding carboxylic acids is 2. The fourth-order valence-electron chi connectivity index (χ4n) is 4.50. The summed E-state index contributed by atoms with van der Waals surface area (Å²) < 4.78 is 17.3. The van der Waals surface area contributed by atoms with E-state index in [1.807, 2.05) is 60.7 Å². The zero-order chi connectivity index (χ0) is 28.8. The zero-order valence-corrected chi connectivity index (χ0v) is 22.4. The number of nitrogens with one attached hydrogen (secondary N) is 1. The SMILES string of the molecule is COc1cc(C(=O)c2[nH]c(N)c(C(N)=O)c2-c2ccc(OCc3ccccc3)cc2)ccc1OCc1ccccc1. The molecule has 0 bridgehead atoms. The summed E-state index contributed by atoms with van der Waals surface area (Å²) in [4.78, 5) is 29.0. The van der Waals surface area contributed by atoms with Gasteiger partial charge in [-0.25, -0.2) is 0 Å². The molecule has 1 heterocycles. The number of nitrogens with two attached hydrogens (primary N) is 2. The van der Waals surface area contributed by atoms with Crippen LogP contribution in [0.3, 0.4) is 0 Å². The number of aromatic amines is 1.